The van der Waals surface area contributed by atoms with E-state index in [0.717, 1.165) is 47.7 Å². The molecule has 0 bridgehead atoms. The van der Waals surface area contributed by atoms with E-state index in [-0.39, 0.29) is 18.1 Å². The van der Waals surface area contributed by atoms with E-state index in [4.69, 9.17) is 4.98 Å². The van der Waals surface area contributed by atoms with Gasteiger partial charge in [-0.1, -0.05) is 29.5 Å². The van der Waals surface area contributed by atoms with Crippen LogP contribution in [0.15, 0.2) is 36.4 Å². The van der Waals surface area contributed by atoms with Gasteiger partial charge in [-0.25, -0.2) is 9.37 Å². The Hall–Kier alpha value is -2.47. The van der Waals surface area contributed by atoms with Gasteiger partial charge >= 0.3 is 0 Å². The van der Waals surface area contributed by atoms with Crippen molar-refractivity contribution >= 4 is 32.6 Å². The summed E-state index contributed by atoms with van der Waals surface area (Å²) in [5, 5.41) is 1.02. The minimum absolute atomic E-state index is 0.0724. The van der Waals surface area contributed by atoms with Crippen LogP contribution >= 0.6 is 11.3 Å². The molecule has 1 saturated carbocycles. The molecule has 6 heteroatoms. The summed E-state index contributed by atoms with van der Waals surface area (Å²) in [6.07, 6.45) is 2.42. The zero-order valence-corrected chi connectivity index (χ0v) is 17.3. The highest BCUT2D eigenvalue weighted by Crippen LogP contribution is 2.41. The largest absolute Gasteiger partial charge is 0.345 e. The molecule has 0 spiro atoms. The quantitative estimate of drug-likeness (QED) is 0.636. The average molecular weight is 410 g/mol. The second-order valence-electron chi connectivity index (χ2n) is 8.14. The third-order valence-electron chi connectivity index (χ3n) is 5.87. The van der Waals surface area contributed by atoms with E-state index in [1.54, 1.807) is 17.4 Å². The van der Waals surface area contributed by atoms with Crippen LogP contribution in [-0.2, 0) is 11.2 Å². The number of thiazole rings is 1. The maximum atomic E-state index is 14.2. The molecule has 0 N–H and O–H groups in total. The molecule has 4 nitrogen and oxygen atoms in total. The van der Waals surface area contributed by atoms with Crippen LogP contribution in [0, 0.1) is 12.7 Å². The van der Waals surface area contributed by atoms with E-state index < -0.39 is 0 Å². The summed E-state index contributed by atoms with van der Waals surface area (Å²) in [4.78, 5) is 21.6. The van der Waals surface area contributed by atoms with Gasteiger partial charge in [-0.05, 0) is 60.6 Å². The van der Waals surface area contributed by atoms with E-state index in [2.05, 4.69) is 30.0 Å². The van der Waals surface area contributed by atoms with Crippen molar-refractivity contribution in [3.8, 4) is 0 Å². The Kier molecular flexibility index (Phi) is 4.74. The lowest BCUT2D eigenvalue weighted by atomic mass is 10.0. The fraction of sp³-hybridized carbons (Fsp3) is 0.391. The molecular formula is C23H24FN3OS. The van der Waals surface area contributed by atoms with E-state index in [9.17, 15) is 9.18 Å². The zero-order valence-electron chi connectivity index (χ0n) is 16.5. The normalized spacial score (nSPS) is 17.2. The molecule has 1 amide bonds. The van der Waals surface area contributed by atoms with Gasteiger partial charge in [0.15, 0.2) is 5.13 Å². The van der Waals surface area contributed by atoms with Crippen LogP contribution in [0.1, 0.15) is 35.4 Å². The topological polar surface area (TPSA) is 36.4 Å². The molecule has 0 unspecified atom stereocenters. The number of benzene rings is 2. The van der Waals surface area contributed by atoms with Crippen molar-refractivity contribution in [2.45, 2.75) is 32.1 Å². The second kappa shape index (κ2) is 7.41. The first kappa shape index (κ1) is 18.6. The van der Waals surface area contributed by atoms with Crippen LogP contribution in [0.5, 0.6) is 0 Å². The first-order chi connectivity index (χ1) is 14.1. The molecular weight excluding hydrogens is 385 g/mol. The van der Waals surface area contributed by atoms with E-state index in [1.807, 2.05) is 17.0 Å². The molecule has 150 valence electrons. The van der Waals surface area contributed by atoms with Gasteiger partial charge in [-0.3, -0.25) is 4.79 Å². The minimum atomic E-state index is -0.159. The number of carbonyl (C=O) groups is 1. The lowest BCUT2D eigenvalue weighted by Gasteiger charge is -2.34. The fourth-order valence-corrected chi connectivity index (χ4v) is 5.11. The molecule has 1 aromatic heterocycles. The lowest BCUT2D eigenvalue weighted by Crippen LogP contribution is -2.49. The Morgan fingerprint density at radius 2 is 1.93 bits per heavy atom. The summed E-state index contributed by atoms with van der Waals surface area (Å²) in [7, 11) is 0. The molecule has 1 aliphatic heterocycles. The summed E-state index contributed by atoms with van der Waals surface area (Å²) in [6, 6.07) is 11.6. The van der Waals surface area contributed by atoms with Crippen LogP contribution in [-0.4, -0.2) is 42.0 Å². The summed E-state index contributed by atoms with van der Waals surface area (Å²) < 4.78 is 15.5. The molecule has 0 atom stereocenters. The number of hydrogen-bond donors (Lipinski definition) is 0. The van der Waals surface area contributed by atoms with Gasteiger partial charge in [0.05, 0.1) is 16.6 Å². The lowest BCUT2D eigenvalue weighted by molar-refractivity contribution is -0.130. The number of hydrogen-bond acceptors (Lipinski definition) is 4. The molecule has 1 saturated heterocycles. The number of halogens is 1. The number of anilines is 1. The number of piperazine rings is 1. The van der Waals surface area contributed by atoms with Gasteiger partial charge < -0.3 is 9.80 Å². The van der Waals surface area contributed by atoms with Gasteiger partial charge in [-0.2, -0.15) is 0 Å². The molecule has 1 aliphatic carbocycles. The minimum Gasteiger partial charge on any atom is -0.345 e. The number of aryl methyl sites for hydroxylation is 1. The number of amides is 1. The zero-order chi connectivity index (χ0) is 20.0. The SMILES string of the molecule is Cc1ccc2nc(N3CCN(C(=O)Cc4ccc(C5CC5)c(F)c4)CC3)sc2c1. The van der Waals surface area contributed by atoms with Crippen LogP contribution in [0.2, 0.25) is 0 Å². The third kappa shape index (κ3) is 3.86. The maximum absolute atomic E-state index is 14.2. The highest BCUT2D eigenvalue weighted by Gasteiger charge is 2.27. The number of aromatic nitrogens is 1. The number of rotatable bonds is 4. The monoisotopic (exact) mass is 409 g/mol. The molecule has 2 heterocycles. The Labute approximate surface area is 174 Å². The van der Waals surface area contributed by atoms with Crippen molar-refractivity contribution in [1.29, 1.82) is 0 Å². The fourth-order valence-electron chi connectivity index (χ4n) is 3.99. The van der Waals surface area contributed by atoms with Gasteiger partial charge in [0.25, 0.3) is 0 Å². The summed E-state index contributed by atoms with van der Waals surface area (Å²) >= 11 is 1.71. The molecule has 5 rings (SSSR count). The van der Waals surface area contributed by atoms with Crippen molar-refractivity contribution in [3.63, 3.8) is 0 Å². The smallest absolute Gasteiger partial charge is 0.227 e. The van der Waals surface area contributed by atoms with Crippen molar-refractivity contribution in [3.05, 3.63) is 58.9 Å². The summed E-state index contributed by atoms with van der Waals surface area (Å²) in [6.45, 7) is 5.00. The van der Waals surface area contributed by atoms with Gasteiger partial charge in [0.2, 0.25) is 5.91 Å². The summed E-state index contributed by atoms with van der Waals surface area (Å²) in [5.74, 6) is 0.302. The van der Waals surface area contributed by atoms with E-state index in [1.165, 1.54) is 10.3 Å². The molecule has 3 aromatic rings. The number of nitrogens with zero attached hydrogens (tertiary/aromatic N) is 3. The van der Waals surface area contributed by atoms with E-state index >= 15 is 0 Å². The molecule has 2 aliphatic rings. The molecule has 2 aromatic carbocycles. The highest BCUT2D eigenvalue weighted by molar-refractivity contribution is 7.22. The highest BCUT2D eigenvalue weighted by atomic mass is 32.1. The number of carbonyl (C=O) groups excluding carboxylic acids is 1. The predicted octanol–water partition coefficient (Wildman–Crippen LogP) is 4.51. The third-order valence-corrected chi connectivity index (χ3v) is 6.95. The van der Waals surface area contributed by atoms with Gasteiger partial charge in [0.1, 0.15) is 5.82 Å². The molecule has 2 fully saturated rings. The van der Waals surface area contributed by atoms with Crippen LogP contribution < -0.4 is 4.90 Å². The average Bonchev–Trinajstić information content (AvgIpc) is 3.46. The van der Waals surface area contributed by atoms with Crippen molar-refractivity contribution in [2.24, 2.45) is 0 Å². The van der Waals surface area contributed by atoms with Crippen LogP contribution in [0.25, 0.3) is 10.2 Å². The van der Waals surface area contributed by atoms with E-state index in [0.29, 0.717) is 19.0 Å². The van der Waals surface area contributed by atoms with Crippen LogP contribution in [0.3, 0.4) is 0 Å². The van der Waals surface area contributed by atoms with Crippen molar-refractivity contribution < 1.29 is 9.18 Å². The first-order valence-corrected chi connectivity index (χ1v) is 11.1. The predicted molar refractivity (Wildman–Crippen MR) is 115 cm³/mol. The number of fused-ring (bicyclic) bond motifs is 1. The van der Waals surface area contributed by atoms with Crippen LogP contribution in [0.4, 0.5) is 9.52 Å². The first-order valence-electron chi connectivity index (χ1n) is 10.2. The standard InChI is InChI=1S/C23H24FN3OS/c1-15-2-7-20-21(12-15)29-23(25-20)27-10-8-26(9-11-27)22(28)14-16-3-6-18(17-4-5-17)19(24)13-16/h2-3,6-7,12-13,17H,4-5,8-11,14H2,1H3. The molecule has 0 radical (unpaired) electrons. The maximum Gasteiger partial charge on any atom is 0.227 e. The van der Waals surface area contributed by atoms with Gasteiger partial charge in [0, 0.05) is 26.2 Å². The second-order valence-corrected chi connectivity index (χ2v) is 9.15. The van der Waals surface area contributed by atoms with Gasteiger partial charge in [-0.15, -0.1) is 0 Å². The Balaban J connectivity index is 1.20. The van der Waals surface area contributed by atoms with Crippen molar-refractivity contribution in [1.82, 2.24) is 9.88 Å². The molecule has 29 heavy (non-hydrogen) atoms. The summed E-state index contributed by atoms with van der Waals surface area (Å²) in [5.41, 5.74) is 3.84. The Morgan fingerprint density at radius 3 is 2.66 bits per heavy atom. The Morgan fingerprint density at radius 1 is 1.14 bits per heavy atom. The van der Waals surface area contributed by atoms with Crippen molar-refractivity contribution in [2.75, 3.05) is 31.1 Å². The Bertz CT molecular complexity index is 1070.